The molecule has 9 heteroatoms. The number of nitrogens with two attached hydrogens (primary N) is 1. The molecule has 108 valence electrons. The molecule has 1 aromatic carbocycles. The van der Waals surface area contributed by atoms with Gasteiger partial charge in [0.1, 0.15) is 0 Å². The Balaban J connectivity index is 1.98. The number of benzene rings is 1. The van der Waals surface area contributed by atoms with Crippen LogP contribution in [-0.2, 0) is 6.18 Å². The van der Waals surface area contributed by atoms with E-state index in [9.17, 15) is 13.2 Å². The highest BCUT2D eigenvalue weighted by molar-refractivity contribution is 5.59. The number of nitrogens with one attached hydrogen (secondary N) is 1. The van der Waals surface area contributed by atoms with E-state index in [-0.39, 0.29) is 11.5 Å². The summed E-state index contributed by atoms with van der Waals surface area (Å²) in [4.78, 5) is 0. The summed E-state index contributed by atoms with van der Waals surface area (Å²) in [5.41, 5.74) is 6.81. The summed E-state index contributed by atoms with van der Waals surface area (Å²) in [6.07, 6.45) is -4.62. The number of nitrogen functional groups attached to an aromatic ring is 1. The van der Waals surface area contributed by atoms with Gasteiger partial charge in [0.2, 0.25) is 0 Å². The molecule has 0 saturated carbocycles. The van der Waals surface area contributed by atoms with Crippen molar-refractivity contribution in [3.8, 4) is 0 Å². The molecular formula is C12H9F3N6. The van der Waals surface area contributed by atoms with E-state index in [0.717, 1.165) is 0 Å². The molecule has 3 N–H and O–H groups in total. The molecule has 0 radical (unpaired) electrons. The van der Waals surface area contributed by atoms with Gasteiger partial charge < -0.3 is 11.1 Å². The highest BCUT2D eigenvalue weighted by atomic mass is 19.4. The summed E-state index contributed by atoms with van der Waals surface area (Å²) in [7, 11) is 0. The average Bonchev–Trinajstić information content (AvgIpc) is 2.84. The van der Waals surface area contributed by atoms with Crippen molar-refractivity contribution < 1.29 is 13.2 Å². The number of alkyl halides is 3. The molecule has 0 fully saturated rings. The van der Waals surface area contributed by atoms with Crippen molar-refractivity contribution in [2.45, 2.75) is 6.18 Å². The van der Waals surface area contributed by atoms with Crippen LogP contribution in [0.4, 0.5) is 30.4 Å². The van der Waals surface area contributed by atoms with Gasteiger partial charge in [-0.2, -0.15) is 17.7 Å². The predicted octanol–water partition coefficient (Wildman–Crippen LogP) is 2.47. The first kappa shape index (κ1) is 13.2. The van der Waals surface area contributed by atoms with Gasteiger partial charge in [-0.1, -0.05) is 0 Å². The third-order valence-electron chi connectivity index (χ3n) is 2.70. The van der Waals surface area contributed by atoms with Crippen LogP contribution in [0.15, 0.2) is 36.4 Å². The van der Waals surface area contributed by atoms with Gasteiger partial charge in [-0.05, 0) is 36.4 Å². The van der Waals surface area contributed by atoms with Crippen molar-refractivity contribution in [1.82, 2.24) is 19.8 Å². The molecule has 21 heavy (non-hydrogen) atoms. The molecule has 2 heterocycles. The molecule has 2 aromatic heterocycles. The number of halogens is 3. The second-order valence-corrected chi connectivity index (χ2v) is 4.26. The van der Waals surface area contributed by atoms with Gasteiger partial charge in [-0.3, -0.25) is 0 Å². The van der Waals surface area contributed by atoms with E-state index in [4.69, 9.17) is 5.73 Å². The van der Waals surface area contributed by atoms with Crippen LogP contribution in [-0.4, -0.2) is 19.8 Å². The predicted molar refractivity (Wildman–Crippen MR) is 69.9 cm³/mol. The number of fused-ring (bicyclic) bond motifs is 1. The third-order valence-corrected chi connectivity index (χ3v) is 2.70. The number of rotatable bonds is 2. The summed E-state index contributed by atoms with van der Waals surface area (Å²) in [5, 5.41) is 13.3. The maximum absolute atomic E-state index is 12.8. The van der Waals surface area contributed by atoms with Crippen LogP contribution in [0.2, 0.25) is 0 Å². The molecular weight excluding hydrogens is 285 g/mol. The minimum atomic E-state index is -4.62. The molecule has 0 aliphatic carbocycles. The van der Waals surface area contributed by atoms with Gasteiger partial charge in [0.15, 0.2) is 11.5 Å². The molecule has 0 spiro atoms. The monoisotopic (exact) mass is 294 g/mol. The van der Waals surface area contributed by atoms with Crippen LogP contribution in [0, 0.1) is 0 Å². The maximum atomic E-state index is 12.8. The largest absolute Gasteiger partial charge is 0.453 e. The number of anilines is 3. The maximum Gasteiger partial charge on any atom is 0.453 e. The Morgan fingerprint density at radius 1 is 1.00 bits per heavy atom. The Morgan fingerprint density at radius 3 is 2.38 bits per heavy atom. The number of hydrogen-bond acceptors (Lipinski definition) is 5. The lowest BCUT2D eigenvalue weighted by molar-refractivity contribution is -0.146. The Hall–Kier alpha value is -2.84. The molecule has 0 amide bonds. The quantitative estimate of drug-likeness (QED) is 0.710. The van der Waals surface area contributed by atoms with Gasteiger partial charge in [0, 0.05) is 11.4 Å². The fraction of sp³-hybridized carbons (Fsp3) is 0.0833. The van der Waals surface area contributed by atoms with E-state index >= 15 is 0 Å². The average molecular weight is 294 g/mol. The van der Waals surface area contributed by atoms with Gasteiger partial charge >= 0.3 is 6.18 Å². The number of hydrogen-bond donors (Lipinski definition) is 2. The lowest BCUT2D eigenvalue weighted by Gasteiger charge is -2.07. The van der Waals surface area contributed by atoms with E-state index in [1.165, 1.54) is 12.1 Å². The summed E-state index contributed by atoms with van der Waals surface area (Å²) >= 11 is 0. The molecule has 0 aliphatic heterocycles. The minimum Gasteiger partial charge on any atom is -0.399 e. The summed E-state index contributed by atoms with van der Waals surface area (Å²) in [6, 6.07) is 9.63. The molecule has 0 unspecified atom stereocenters. The molecule has 0 saturated heterocycles. The van der Waals surface area contributed by atoms with Gasteiger partial charge in [0.25, 0.3) is 5.82 Å². The Bertz CT molecular complexity index is 778. The highest BCUT2D eigenvalue weighted by Gasteiger charge is 2.37. The topological polar surface area (TPSA) is 81.1 Å². The standard InChI is InChI=1S/C12H9F3N6/c13-12(14,15)11-19-18-10-6-5-9(20-21(10)11)17-8-3-1-7(16)2-4-8/h1-6H,16H2,(H,17,20). The summed E-state index contributed by atoms with van der Waals surface area (Å²) < 4.78 is 38.9. The first-order chi connectivity index (χ1) is 9.93. The van der Waals surface area contributed by atoms with E-state index in [1.807, 2.05) is 0 Å². The van der Waals surface area contributed by atoms with Crippen molar-refractivity contribution in [1.29, 1.82) is 0 Å². The Labute approximate surface area is 116 Å². The van der Waals surface area contributed by atoms with Crippen LogP contribution in [0.5, 0.6) is 0 Å². The molecule has 3 rings (SSSR count). The van der Waals surface area contributed by atoms with Crippen LogP contribution in [0.25, 0.3) is 5.65 Å². The molecule has 0 bridgehead atoms. The van der Waals surface area contributed by atoms with Gasteiger partial charge in [-0.15, -0.1) is 15.3 Å². The SMILES string of the molecule is Nc1ccc(Nc2ccc3nnc(C(F)(F)F)n3n2)cc1. The van der Waals surface area contributed by atoms with Crippen molar-refractivity contribution in [2.24, 2.45) is 0 Å². The zero-order valence-electron chi connectivity index (χ0n) is 10.5. The van der Waals surface area contributed by atoms with Crippen molar-refractivity contribution in [3.05, 3.63) is 42.2 Å². The highest BCUT2D eigenvalue weighted by Crippen LogP contribution is 2.27. The van der Waals surface area contributed by atoms with Gasteiger partial charge in [0.05, 0.1) is 0 Å². The molecule has 0 atom stereocenters. The fourth-order valence-corrected chi connectivity index (χ4v) is 1.75. The van der Waals surface area contributed by atoms with Crippen LogP contribution >= 0.6 is 0 Å². The minimum absolute atomic E-state index is 0.0187. The Kier molecular flexibility index (Phi) is 2.89. The van der Waals surface area contributed by atoms with E-state index < -0.39 is 12.0 Å². The first-order valence-corrected chi connectivity index (χ1v) is 5.86. The number of nitrogens with zero attached hydrogens (tertiary/aromatic N) is 4. The van der Waals surface area contributed by atoms with E-state index in [2.05, 4.69) is 20.6 Å². The van der Waals surface area contributed by atoms with Crippen molar-refractivity contribution in [2.75, 3.05) is 11.1 Å². The summed E-state index contributed by atoms with van der Waals surface area (Å²) in [5.74, 6) is -0.934. The first-order valence-electron chi connectivity index (χ1n) is 5.86. The fourth-order valence-electron chi connectivity index (χ4n) is 1.75. The van der Waals surface area contributed by atoms with E-state index in [1.54, 1.807) is 24.3 Å². The lowest BCUT2D eigenvalue weighted by atomic mass is 10.3. The number of aromatic nitrogens is 4. The van der Waals surface area contributed by atoms with Crippen molar-refractivity contribution in [3.63, 3.8) is 0 Å². The smallest absolute Gasteiger partial charge is 0.399 e. The van der Waals surface area contributed by atoms with Crippen LogP contribution in [0.1, 0.15) is 5.82 Å². The van der Waals surface area contributed by atoms with Crippen LogP contribution in [0.3, 0.4) is 0 Å². The van der Waals surface area contributed by atoms with Gasteiger partial charge in [-0.25, -0.2) is 0 Å². The molecule has 3 aromatic rings. The third kappa shape index (κ3) is 2.57. The molecule has 6 nitrogen and oxygen atoms in total. The normalized spacial score (nSPS) is 11.8. The molecule has 0 aliphatic rings. The van der Waals surface area contributed by atoms with E-state index in [0.29, 0.717) is 15.9 Å². The summed E-state index contributed by atoms with van der Waals surface area (Å²) in [6.45, 7) is 0. The zero-order valence-corrected chi connectivity index (χ0v) is 10.5. The zero-order chi connectivity index (χ0) is 15.0. The van der Waals surface area contributed by atoms with Crippen LogP contribution < -0.4 is 11.1 Å². The lowest BCUT2D eigenvalue weighted by Crippen LogP contribution is -2.13. The van der Waals surface area contributed by atoms with Crippen molar-refractivity contribution >= 4 is 22.8 Å². The Morgan fingerprint density at radius 2 is 1.71 bits per heavy atom. The second-order valence-electron chi connectivity index (χ2n) is 4.26. The second kappa shape index (κ2) is 4.62.